The quantitative estimate of drug-likeness (QED) is 0.702. The molecule has 7 nitrogen and oxygen atoms in total. The van der Waals surface area contributed by atoms with Crippen molar-refractivity contribution in [3.63, 3.8) is 0 Å². The van der Waals surface area contributed by atoms with Gasteiger partial charge in [-0.15, -0.1) is 0 Å². The lowest BCUT2D eigenvalue weighted by Crippen LogP contribution is -2.47. The normalized spacial score (nSPS) is 18.5. The summed E-state index contributed by atoms with van der Waals surface area (Å²) in [6, 6.07) is 11.5. The number of piperidine rings is 1. The number of nitrogens with zero attached hydrogens (tertiary/aromatic N) is 1. The van der Waals surface area contributed by atoms with Gasteiger partial charge in [0.1, 0.15) is 0 Å². The molecule has 0 radical (unpaired) electrons. The van der Waals surface area contributed by atoms with Crippen molar-refractivity contribution in [2.45, 2.75) is 30.4 Å². The van der Waals surface area contributed by atoms with Crippen LogP contribution in [0.1, 0.15) is 28.8 Å². The van der Waals surface area contributed by atoms with Crippen molar-refractivity contribution < 1.29 is 22.7 Å². The van der Waals surface area contributed by atoms with Crippen molar-refractivity contribution in [1.29, 1.82) is 0 Å². The molecule has 0 aliphatic carbocycles. The predicted molar refractivity (Wildman–Crippen MR) is 116 cm³/mol. The van der Waals surface area contributed by atoms with Gasteiger partial charge in [-0.1, -0.05) is 12.1 Å². The number of likely N-dealkylation sites (tertiary alicyclic amines) is 1. The highest BCUT2D eigenvalue weighted by molar-refractivity contribution is 9.10. The second-order valence-corrected chi connectivity index (χ2v) is 10.1. The highest BCUT2D eigenvalue weighted by Crippen LogP contribution is 2.32. The molecule has 2 aliphatic heterocycles. The number of benzene rings is 2. The maximum absolute atomic E-state index is 13.0. The topological polar surface area (TPSA) is 84.9 Å². The molecule has 0 bridgehead atoms. The van der Waals surface area contributed by atoms with Gasteiger partial charge in [0.2, 0.25) is 0 Å². The lowest BCUT2D eigenvalue weighted by Gasteiger charge is -2.37. The third-order valence-corrected chi connectivity index (χ3v) is 7.44. The first-order valence-corrected chi connectivity index (χ1v) is 12.0. The van der Waals surface area contributed by atoms with Gasteiger partial charge in [-0.25, -0.2) is 8.42 Å². The van der Waals surface area contributed by atoms with Crippen LogP contribution in [0.25, 0.3) is 0 Å². The second-order valence-electron chi connectivity index (χ2n) is 7.52. The molecule has 2 fully saturated rings. The van der Waals surface area contributed by atoms with Crippen LogP contribution in [0.3, 0.4) is 0 Å². The molecular formula is C21H23BrN2O5S. The Bertz CT molecular complexity index is 1060. The van der Waals surface area contributed by atoms with Gasteiger partial charge in [-0.2, -0.15) is 0 Å². The van der Waals surface area contributed by atoms with E-state index in [1.54, 1.807) is 29.2 Å². The van der Waals surface area contributed by atoms with E-state index in [2.05, 4.69) is 20.7 Å². The zero-order valence-electron chi connectivity index (χ0n) is 16.6. The fraction of sp³-hybridized carbons (Fsp3) is 0.381. The van der Waals surface area contributed by atoms with Crippen LogP contribution in [0.5, 0.6) is 0 Å². The Kier molecular flexibility index (Phi) is 5.89. The van der Waals surface area contributed by atoms with E-state index in [-0.39, 0.29) is 10.8 Å². The number of ether oxygens (including phenoxy) is 2. The number of carbonyl (C=O) groups excluding carboxylic acids is 1. The second kappa shape index (κ2) is 8.30. The van der Waals surface area contributed by atoms with Crippen LogP contribution in [0.15, 0.2) is 51.8 Å². The van der Waals surface area contributed by atoms with Crippen LogP contribution in [0, 0.1) is 6.92 Å². The average molecular weight is 495 g/mol. The molecule has 9 heteroatoms. The average Bonchev–Trinajstić information content (AvgIpc) is 3.18. The number of hydrogen-bond donors (Lipinski definition) is 1. The Morgan fingerprint density at radius 1 is 1.10 bits per heavy atom. The van der Waals surface area contributed by atoms with E-state index in [4.69, 9.17) is 9.47 Å². The molecule has 0 unspecified atom stereocenters. The zero-order chi connectivity index (χ0) is 21.4. The number of carbonyl (C=O) groups is 1. The van der Waals surface area contributed by atoms with Crippen molar-refractivity contribution >= 4 is 37.5 Å². The van der Waals surface area contributed by atoms with Gasteiger partial charge < -0.3 is 14.4 Å². The summed E-state index contributed by atoms with van der Waals surface area (Å²) in [5.41, 5.74) is 1.72. The fourth-order valence-corrected chi connectivity index (χ4v) is 5.33. The summed E-state index contributed by atoms with van der Waals surface area (Å²) in [5.74, 6) is -0.760. The number of halogens is 1. The molecule has 2 aromatic carbocycles. The van der Waals surface area contributed by atoms with Crippen LogP contribution in [-0.2, 0) is 19.5 Å². The van der Waals surface area contributed by atoms with Crippen molar-refractivity contribution in [2.75, 3.05) is 31.0 Å². The molecule has 4 rings (SSSR count). The molecule has 1 amide bonds. The van der Waals surface area contributed by atoms with Crippen molar-refractivity contribution in [3.8, 4) is 0 Å². The molecule has 2 heterocycles. The van der Waals surface area contributed by atoms with Gasteiger partial charge in [0.05, 0.1) is 23.8 Å². The maximum atomic E-state index is 13.0. The van der Waals surface area contributed by atoms with E-state index < -0.39 is 15.8 Å². The van der Waals surface area contributed by atoms with Gasteiger partial charge >= 0.3 is 0 Å². The van der Waals surface area contributed by atoms with Crippen molar-refractivity contribution in [2.24, 2.45) is 0 Å². The zero-order valence-corrected chi connectivity index (χ0v) is 19.0. The first-order chi connectivity index (χ1) is 14.3. The Hall–Kier alpha value is -1.94. The van der Waals surface area contributed by atoms with E-state index in [1.807, 2.05) is 13.0 Å². The maximum Gasteiger partial charge on any atom is 0.261 e. The number of amides is 1. The molecule has 0 aromatic heterocycles. The third kappa shape index (κ3) is 4.39. The van der Waals surface area contributed by atoms with E-state index in [0.717, 1.165) is 5.56 Å². The van der Waals surface area contributed by atoms with Gasteiger partial charge in [-0.05, 0) is 58.7 Å². The Balaban J connectivity index is 1.50. The first kappa shape index (κ1) is 21.3. The Labute approximate surface area is 184 Å². The van der Waals surface area contributed by atoms with E-state index in [0.29, 0.717) is 54.9 Å². The molecule has 2 aliphatic rings. The monoisotopic (exact) mass is 494 g/mol. The Morgan fingerprint density at radius 2 is 1.80 bits per heavy atom. The van der Waals surface area contributed by atoms with Crippen LogP contribution in [0.4, 0.5) is 5.69 Å². The lowest BCUT2D eigenvalue weighted by molar-refractivity contribution is -0.181. The van der Waals surface area contributed by atoms with Gasteiger partial charge in [0, 0.05) is 36.0 Å². The van der Waals surface area contributed by atoms with E-state index in [1.165, 1.54) is 12.1 Å². The summed E-state index contributed by atoms with van der Waals surface area (Å²) in [6.45, 7) is 4.05. The smallest absolute Gasteiger partial charge is 0.261 e. The van der Waals surface area contributed by atoms with Crippen LogP contribution < -0.4 is 4.72 Å². The SMILES string of the molecule is Cc1ccc(Br)c(NS(=O)(=O)c2cccc(C(=O)N3CCC4(CC3)OCCO4)c2)c1. The minimum atomic E-state index is -3.85. The summed E-state index contributed by atoms with van der Waals surface area (Å²) >= 11 is 3.36. The minimum Gasteiger partial charge on any atom is -0.347 e. The molecule has 2 aromatic rings. The third-order valence-electron chi connectivity index (χ3n) is 5.38. The molecule has 30 heavy (non-hydrogen) atoms. The lowest BCUT2D eigenvalue weighted by atomic mass is 10.0. The number of anilines is 1. The number of aryl methyl sites for hydroxylation is 1. The highest BCUT2D eigenvalue weighted by atomic mass is 79.9. The van der Waals surface area contributed by atoms with E-state index >= 15 is 0 Å². The number of sulfonamides is 1. The molecule has 1 N–H and O–H groups in total. The summed E-state index contributed by atoms with van der Waals surface area (Å²) in [6.07, 6.45) is 1.22. The molecule has 2 saturated heterocycles. The van der Waals surface area contributed by atoms with Crippen LogP contribution in [-0.4, -0.2) is 51.3 Å². The van der Waals surface area contributed by atoms with Gasteiger partial charge in [0.15, 0.2) is 5.79 Å². The minimum absolute atomic E-state index is 0.0395. The number of hydrogen-bond acceptors (Lipinski definition) is 5. The van der Waals surface area contributed by atoms with E-state index in [9.17, 15) is 13.2 Å². The summed E-state index contributed by atoms with van der Waals surface area (Å²) in [4.78, 5) is 14.7. The molecule has 0 atom stereocenters. The highest BCUT2D eigenvalue weighted by Gasteiger charge is 2.40. The predicted octanol–water partition coefficient (Wildman–Crippen LogP) is 3.54. The first-order valence-electron chi connectivity index (χ1n) is 9.74. The standard InChI is InChI=1S/C21H23BrN2O5S/c1-15-5-6-18(22)19(13-15)23-30(26,27)17-4-2-3-16(14-17)20(25)24-9-7-21(8-10-24)28-11-12-29-21/h2-6,13-14,23H,7-12H2,1H3. The van der Waals surface area contributed by atoms with Crippen molar-refractivity contribution in [1.82, 2.24) is 4.90 Å². The largest absolute Gasteiger partial charge is 0.347 e. The molecule has 0 saturated carbocycles. The molecular weight excluding hydrogens is 472 g/mol. The fourth-order valence-electron chi connectivity index (χ4n) is 3.74. The van der Waals surface area contributed by atoms with Crippen LogP contribution >= 0.6 is 15.9 Å². The summed E-state index contributed by atoms with van der Waals surface area (Å²) < 4.78 is 40.4. The number of nitrogens with one attached hydrogen (secondary N) is 1. The van der Waals surface area contributed by atoms with Crippen LogP contribution in [0.2, 0.25) is 0 Å². The molecule has 160 valence electrons. The number of rotatable bonds is 4. The summed E-state index contributed by atoms with van der Waals surface area (Å²) in [5, 5.41) is 0. The summed E-state index contributed by atoms with van der Waals surface area (Å²) in [7, 11) is -3.85. The molecule has 1 spiro atoms. The van der Waals surface area contributed by atoms with Gasteiger partial charge in [0.25, 0.3) is 15.9 Å². The Morgan fingerprint density at radius 3 is 2.50 bits per heavy atom. The van der Waals surface area contributed by atoms with Crippen molar-refractivity contribution in [3.05, 3.63) is 58.1 Å². The van der Waals surface area contributed by atoms with Gasteiger partial charge in [-0.3, -0.25) is 9.52 Å².